The Hall–Kier alpha value is -1.31. The third kappa shape index (κ3) is 3.08. The van der Waals surface area contributed by atoms with Gasteiger partial charge < -0.3 is 0 Å². The van der Waals surface area contributed by atoms with E-state index in [1.807, 2.05) is 20.8 Å². The zero-order chi connectivity index (χ0) is 11.5. The standard InChI is InChI=1S/C12H13NOS/c1-12(2,3)11(14)9-4-6-10(7-5-9)13-8-15/h4-7H,1-3H3. The second-order valence-electron chi connectivity index (χ2n) is 4.33. The Balaban J connectivity index is 2.99. The molecule has 0 bridgehead atoms. The highest BCUT2D eigenvalue weighted by Crippen LogP contribution is 2.22. The summed E-state index contributed by atoms with van der Waals surface area (Å²) in [5.74, 6) is 0.125. The monoisotopic (exact) mass is 219 g/mol. The highest BCUT2D eigenvalue weighted by Gasteiger charge is 2.22. The van der Waals surface area contributed by atoms with Crippen LogP contribution < -0.4 is 0 Å². The quantitative estimate of drug-likeness (QED) is 0.431. The van der Waals surface area contributed by atoms with E-state index in [4.69, 9.17) is 0 Å². The van der Waals surface area contributed by atoms with Gasteiger partial charge in [-0.05, 0) is 36.5 Å². The summed E-state index contributed by atoms with van der Waals surface area (Å²) in [5, 5.41) is 2.29. The minimum atomic E-state index is -0.352. The van der Waals surface area contributed by atoms with Gasteiger partial charge in [0.2, 0.25) is 0 Å². The molecule has 2 nitrogen and oxygen atoms in total. The highest BCUT2D eigenvalue weighted by atomic mass is 32.1. The first-order valence-corrected chi connectivity index (χ1v) is 5.09. The zero-order valence-electron chi connectivity index (χ0n) is 9.07. The van der Waals surface area contributed by atoms with Crippen LogP contribution in [-0.4, -0.2) is 10.9 Å². The third-order valence-electron chi connectivity index (χ3n) is 1.99. The van der Waals surface area contributed by atoms with Gasteiger partial charge in [0.25, 0.3) is 0 Å². The van der Waals surface area contributed by atoms with Gasteiger partial charge in [0, 0.05) is 11.0 Å². The van der Waals surface area contributed by atoms with E-state index in [2.05, 4.69) is 22.4 Å². The second kappa shape index (κ2) is 4.47. The smallest absolute Gasteiger partial charge is 0.168 e. The van der Waals surface area contributed by atoms with Crippen molar-refractivity contribution in [3.63, 3.8) is 0 Å². The van der Waals surface area contributed by atoms with Crippen molar-refractivity contribution in [2.45, 2.75) is 20.8 Å². The minimum absolute atomic E-state index is 0.125. The molecule has 1 aromatic carbocycles. The van der Waals surface area contributed by atoms with Crippen LogP contribution in [0.5, 0.6) is 0 Å². The number of carbonyl (C=O) groups is 1. The number of thiocarbonyl (C=S) groups is 1. The van der Waals surface area contributed by atoms with Crippen molar-refractivity contribution in [3.8, 4) is 0 Å². The van der Waals surface area contributed by atoms with Crippen LogP contribution in [0.25, 0.3) is 0 Å². The summed E-state index contributed by atoms with van der Waals surface area (Å²) in [7, 11) is 0. The maximum absolute atomic E-state index is 11.9. The molecule has 0 saturated carbocycles. The number of rotatable bonds is 2. The number of ketones is 1. The Labute approximate surface area is 95.0 Å². The molecule has 0 fully saturated rings. The minimum Gasteiger partial charge on any atom is -0.294 e. The maximum Gasteiger partial charge on any atom is 0.168 e. The van der Waals surface area contributed by atoms with Gasteiger partial charge in [0.15, 0.2) is 5.78 Å². The number of nitrogens with zero attached hydrogens (tertiary/aromatic N) is 1. The molecule has 0 amide bonds. The van der Waals surface area contributed by atoms with Crippen LogP contribution in [-0.2, 0) is 0 Å². The molecule has 0 N–H and O–H groups in total. The van der Waals surface area contributed by atoms with Crippen molar-refractivity contribution >= 4 is 28.8 Å². The summed E-state index contributed by atoms with van der Waals surface area (Å²) in [5.41, 5.74) is 1.07. The Morgan fingerprint density at radius 3 is 2.20 bits per heavy atom. The molecule has 0 spiro atoms. The Morgan fingerprint density at radius 2 is 1.80 bits per heavy atom. The Kier molecular flexibility index (Phi) is 3.51. The molecule has 1 rings (SSSR count). The number of carbonyl (C=O) groups excluding carboxylic acids is 1. The van der Waals surface area contributed by atoms with E-state index in [0.29, 0.717) is 5.56 Å². The SMILES string of the molecule is CC(C)(C)C(=O)c1ccc(N=C=S)cc1. The van der Waals surface area contributed by atoms with Crippen LogP contribution in [0.1, 0.15) is 31.1 Å². The van der Waals surface area contributed by atoms with Gasteiger partial charge >= 0.3 is 0 Å². The van der Waals surface area contributed by atoms with Crippen molar-refractivity contribution in [1.82, 2.24) is 0 Å². The van der Waals surface area contributed by atoms with Crippen LogP contribution >= 0.6 is 12.2 Å². The lowest BCUT2D eigenvalue weighted by Crippen LogP contribution is -2.19. The van der Waals surface area contributed by atoms with Crippen molar-refractivity contribution in [2.24, 2.45) is 10.4 Å². The van der Waals surface area contributed by atoms with Gasteiger partial charge in [-0.25, -0.2) is 0 Å². The molecule has 0 heterocycles. The van der Waals surface area contributed by atoms with Crippen LogP contribution in [0.2, 0.25) is 0 Å². The van der Waals surface area contributed by atoms with E-state index in [0.717, 1.165) is 5.69 Å². The van der Waals surface area contributed by atoms with E-state index >= 15 is 0 Å². The predicted octanol–water partition coefficient (Wildman–Crippen LogP) is 3.65. The van der Waals surface area contributed by atoms with Gasteiger partial charge in [-0.2, -0.15) is 4.99 Å². The number of hydrogen-bond acceptors (Lipinski definition) is 3. The summed E-state index contributed by atoms with van der Waals surface area (Å²) in [6, 6.07) is 7.05. The van der Waals surface area contributed by atoms with E-state index in [9.17, 15) is 4.79 Å². The van der Waals surface area contributed by atoms with Crippen molar-refractivity contribution < 1.29 is 4.79 Å². The first-order chi connectivity index (χ1) is 6.95. The molecule has 0 aliphatic carbocycles. The van der Waals surface area contributed by atoms with Crippen molar-refractivity contribution in [3.05, 3.63) is 29.8 Å². The lowest BCUT2D eigenvalue weighted by Gasteiger charge is -2.16. The lowest BCUT2D eigenvalue weighted by atomic mass is 9.86. The van der Waals surface area contributed by atoms with E-state index in [1.165, 1.54) is 0 Å². The molecule has 0 atom stereocenters. The zero-order valence-corrected chi connectivity index (χ0v) is 9.89. The summed E-state index contributed by atoms with van der Waals surface area (Å²) in [6.45, 7) is 5.70. The summed E-state index contributed by atoms with van der Waals surface area (Å²) in [4.78, 5) is 15.7. The number of hydrogen-bond donors (Lipinski definition) is 0. The molecule has 0 aliphatic heterocycles. The Bertz CT molecular complexity index is 408. The van der Waals surface area contributed by atoms with Crippen LogP contribution in [0, 0.1) is 5.41 Å². The molecular weight excluding hydrogens is 206 g/mol. The summed E-state index contributed by atoms with van der Waals surface area (Å²) >= 11 is 4.49. The average molecular weight is 219 g/mol. The van der Waals surface area contributed by atoms with Crippen LogP contribution in [0.3, 0.4) is 0 Å². The molecular formula is C12H13NOS. The first-order valence-electron chi connectivity index (χ1n) is 4.68. The van der Waals surface area contributed by atoms with Crippen LogP contribution in [0.15, 0.2) is 29.3 Å². The lowest BCUT2D eigenvalue weighted by molar-refractivity contribution is 0.0858. The molecule has 0 saturated heterocycles. The largest absolute Gasteiger partial charge is 0.294 e. The predicted molar refractivity (Wildman–Crippen MR) is 64.9 cm³/mol. The van der Waals surface area contributed by atoms with Gasteiger partial charge in [-0.3, -0.25) is 4.79 Å². The van der Waals surface area contributed by atoms with Crippen LogP contribution in [0.4, 0.5) is 5.69 Å². The molecule has 78 valence electrons. The first kappa shape index (κ1) is 11.8. The number of isothiocyanates is 1. The molecule has 15 heavy (non-hydrogen) atoms. The normalized spacial score (nSPS) is 10.6. The molecule has 0 aliphatic rings. The molecule has 0 unspecified atom stereocenters. The van der Waals surface area contributed by atoms with Gasteiger partial charge in [-0.15, -0.1) is 0 Å². The van der Waals surface area contributed by atoms with Crippen molar-refractivity contribution in [2.75, 3.05) is 0 Å². The van der Waals surface area contributed by atoms with Gasteiger partial charge in [0.1, 0.15) is 0 Å². The van der Waals surface area contributed by atoms with Gasteiger partial charge in [-0.1, -0.05) is 20.8 Å². The Morgan fingerprint density at radius 1 is 1.27 bits per heavy atom. The number of aliphatic imine (C=N–C) groups is 1. The fourth-order valence-electron chi connectivity index (χ4n) is 1.17. The molecule has 0 aromatic heterocycles. The summed E-state index contributed by atoms with van der Waals surface area (Å²) < 4.78 is 0. The van der Waals surface area contributed by atoms with E-state index in [-0.39, 0.29) is 11.2 Å². The van der Waals surface area contributed by atoms with Gasteiger partial charge in [0.05, 0.1) is 10.8 Å². The topological polar surface area (TPSA) is 29.4 Å². The molecule has 1 aromatic rings. The molecule has 0 radical (unpaired) electrons. The second-order valence-corrected chi connectivity index (χ2v) is 4.51. The van der Waals surface area contributed by atoms with E-state index in [1.54, 1.807) is 24.3 Å². The average Bonchev–Trinajstić information content (AvgIpc) is 2.17. The van der Waals surface area contributed by atoms with Crippen molar-refractivity contribution in [1.29, 1.82) is 0 Å². The fraction of sp³-hybridized carbons (Fsp3) is 0.333. The third-order valence-corrected chi connectivity index (χ3v) is 2.08. The molecule has 3 heteroatoms. The number of Topliss-reactive ketones (excluding diaryl/α,β-unsaturated/α-hetero) is 1. The fourth-order valence-corrected chi connectivity index (χ4v) is 1.28. The highest BCUT2D eigenvalue weighted by molar-refractivity contribution is 7.78. The maximum atomic E-state index is 11.9. The number of benzene rings is 1. The van der Waals surface area contributed by atoms with E-state index < -0.39 is 0 Å². The summed E-state index contributed by atoms with van der Waals surface area (Å²) in [6.07, 6.45) is 0.